The first-order valence-electron chi connectivity index (χ1n) is 11.6. The van der Waals surface area contributed by atoms with Gasteiger partial charge in [0.05, 0.1) is 5.60 Å². The lowest BCUT2D eigenvalue weighted by Gasteiger charge is -2.25. The van der Waals surface area contributed by atoms with Crippen LogP contribution in [-0.4, -0.2) is 28.1 Å². The Hall–Kier alpha value is -2.46. The number of benzene rings is 2. The molecule has 1 aliphatic carbocycles. The molecule has 0 aromatic heterocycles. The molecule has 0 radical (unpaired) electrons. The second-order valence-electron chi connectivity index (χ2n) is 8.42. The molecule has 1 unspecified atom stereocenters. The van der Waals surface area contributed by atoms with E-state index in [1.807, 2.05) is 27.7 Å². The van der Waals surface area contributed by atoms with Crippen molar-refractivity contribution >= 4 is 12.3 Å². The molecule has 2 aromatic carbocycles. The van der Waals surface area contributed by atoms with Crippen molar-refractivity contribution in [2.45, 2.75) is 85.7 Å². The molecule has 178 valence electrons. The van der Waals surface area contributed by atoms with E-state index in [0.29, 0.717) is 18.3 Å². The standard InChI is InChI=1S/C17H16O.C8H18O.C2H6.CH2O2/c1-12(18)10-11-17-15-8-4-2-6-13(15)14-7-3-5-9-16(14)17;1-5-6-7(2)8(3,4)9;1-2;2-1-3/h2-9,17H,10-11H2,1H3;7,9H,5-6H2,1-4H3;1-2H3;1H,(H,2,3). The van der Waals surface area contributed by atoms with Crippen molar-refractivity contribution in [2.24, 2.45) is 5.92 Å². The summed E-state index contributed by atoms with van der Waals surface area (Å²) in [6.07, 6.45) is 3.85. The monoisotopic (exact) mass is 442 g/mol. The predicted octanol–water partition coefficient (Wildman–Crippen LogP) is 7.09. The van der Waals surface area contributed by atoms with Gasteiger partial charge in [-0.15, -0.1) is 0 Å². The average Bonchev–Trinajstić information content (AvgIpc) is 3.08. The molecule has 0 heterocycles. The van der Waals surface area contributed by atoms with Crippen LogP contribution in [0.5, 0.6) is 0 Å². The molecule has 0 bridgehead atoms. The number of Topliss-reactive ketones (excluding diaryl/α,β-unsaturated/α-hetero) is 1. The second-order valence-corrected chi connectivity index (χ2v) is 8.42. The van der Waals surface area contributed by atoms with Gasteiger partial charge < -0.3 is 15.0 Å². The van der Waals surface area contributed by atoms with Gasteiger partial charge in [-0.3, -0.25) is 4.79 Å². The predicted molar refractivity (Wildman–Crippen MR) is 134 cm³/mol. The van der Waals surface area contributed by atoms with E-state index in [4.69, 9.17) is 9.90 Å². The largest absolute Gasteiger partial charge is 0.483 e. The number of carbonyl (C=O) groups excluding carboxylic acids is 1. The molecule has 4 nitrogen and oxygen atoms in total. The van der Waals surface area contributed by atoms with E-state index in [1.165, 1.54) is 22.3 Å². The van der Waals surface area contributed by atoms with Crippen molar-refractivity contribution < 1.29 is 19.8 Å². The number of hydrogen-bond donors (Lipinski definition) is 2. The molecule has 1 atom stereocenters. The third-order valence-electron chi connectivity index (χ3n) is 5.68. The van der Waals surface area contributed by atoms with E-state index in [2.05, 4.69) is 62.4 Å². The van der Waals surface area contributed by atoms with Crippen molar-refractivity contribution in [1.82, 2.24) is 0 Å². The maximum atomic E-state index is 11.2. The normalized spacial score (nSPS) is 12.4. The molecule has 2 aromatic rings. The minimum atomic E-state index is -0.490. The van der Waals surface area contributed by atoms with Crippen LogP contribution in [0.25, 0.3) is 11.1 Å². The Bertz CT molecular complexity index is 760. The Balaban J connectivity index is 0.000000582. The molecule has 0 saturated heterocycles. The number of carbonyl (C=O) groups is 2. The fraction of sp³-hybridized carbons (Fsp3) is 0.500. The fourth-order valence-corrected chi connectivity index (χ4v) is 3.70. The average molecular weight is 443 g/mol. The van der Waals surface area contributed by atoms with E-state index in [0.717, 1.165) is 19.3 Å². The molecule has 32 heavy (non-hydrogen) atoms. The Morgan fingerprint density at radius 2 is 1.44 bits per heavy atom. The zero-order valence-corrected chi connectivity index (χ0v) is 20.9. The topological polar surface area (TPSA) is 74.6 Å². The highest BCUT2D eigenvalue weighted by molar-refractivity contribution is 5.80. The Morgan fingerprint density at radius 1 is 1.03 bits per heavy atom. The molecule has 3 rings (SSSR count). The van der Waals surface area contributed by atoms with Gasteiger partial charge in [-0.25, -0.2) is 0 Å². The molecule has 1 aliphatic rings. The van der Waals surface area contributed by atoms with Crippen molar-refractivity contribution in [3.63, 3.8) is 0 Å². The summed E-state index contributed by atoms with van der Waals surface area (Å²) in [6.45, 7) is 13.4. The van der Waals surface area contributed by atoms with Gasteiger partial charge in [-0.1, -0.05) is 82.6 Å². The number of fused-ring (bicyclic) bond motifs is 3. The summed E-state index contributed by atoms with van der Waals surface area (Å²) in [6, 6.07) is 17.1. The fourth-order valence-electron chi connectivity index (χ4n) is 3.70. The van der Waals surface area contributed by atoms with Crippen LogP contribution >= 0.6 is 0 Å². The Morgan fingerprint density at radius 3 is 1.75 bits per heavy atom. The van der Waals surface area contributed by atoms with Gasteiger partial charge in [0.2, 0.25) is 0 Å². The number of carboxylic acid groups (broad SMARTS) is 1. The smallest absolute Gasteiger partial charge is 0.290 e. The van der Waals surface area contributed by atoms with E-state index in [9.17, 15) is 9.90 Å². The lowest BCUT2D eigenvalue weighted by atomic mass is 9.89. The molecular weight excluding hydrogens is 400 g/mol. The highest BCUT2D eigenvalue weighted by atomic mass is 16.3. The van der Waals surface area contributed by atoms with E-state index < -0.39 is 5.60 Å². The minimum Gasteiger partial charge on any atom is -0.483 e. The van der Waals surface area contributed by atoms with Crippen LogP contribution in [0.3, 0.4) is 0 Å². The van der Waals surface area contributed by atoms with Crippen LogP contribution in [0.1, 0.15) is 91.2 Å². The van der Waals surface area contributed by atoms with Gasteiger partial charge in [0.15, 0.2) is 0 Å². The second kappa shape index (κ2) is 15.4. The molecule has 4 heteroatoms. The Labute approximate surface area is 194 Å². The van der Waals surface area contributed by atoms with Crippen molar-refractivity contribution in [3.8, 4) is 11.1 Å². The molecule has 0 fully saturated rings. The molecule has 0 aliphatic heterocycles. The highest BCUT2D eigenvalue weighted by Crippen LogP contribution is 2.46. The number of aliphatic hydroxyl groups is 1. The first kappa shape index (κ1) is 29.5. The van der Waals surface area contributed by atoms with E-state index >= 15 is 0 Å². The zero-order valence-electron chi connectivity index (χ0n) is 20.9. The lowest BCUT2D eigenvalue weighted by Crippen LogP contribution is -2.28. The molecule has 0 spiro atoms. The number of ketones is 1. The maximum Gasteiger partial charge on any atom is 0.290 e. The number of hydrogen-bond acceptors (Lipinski definition) is 3. The maximum absolute atomic E-state index is 11.2. The van der Waals surface area contributed by atoms with Gasteiger partial charge in [-0.05, 0) is 61.8 Å². The van der Waals surface area contributed by atoms with Gasteiger partial charge in [0, 0.05) is 12.3 Å². The third kappa shape index (κ3) is 9.35. The molecule has 0 amide bonds. The third-order valence-corrected chi connectivity index (χ3v) is 5.68. The van der Waals surface area contributed by atoms with Crippen molar-refractivity contribution in [3.05, 3.63) is 59.7 Å². The van der Waals surface area contributed by atoms with Crippen LogP contribution in [0.2, 0.25) is 0 Å². The van der Waals surface area contributed by atoms with Crippen molar-refractivity contribution in [1.29, 1.82) is 0 Å². The summed E-state index contributed by atoms with van der Waals surface area (Å²) in [5.74, 6) is 1.08. The zero-order chi connectivity index (χ0) is 24.7. The lowest BCUT2D eigenvalue weighted by molar-refractivity contribution is -0.123. The van der Waals surface area contributed by atoms with Gasteiger partial charge in [0.25, 0.3) is 6.47 Å². The van der Waals surface area contributed by atoms with E-state index in [1.54, 1.807) is 6.92 Å². The quantitative estimate of drug-likeness (QED) is 0.468. The number of rotatable bonds is 6. The summed E-state index contributed by atoms with van der Waals surface area (Å²) in [4.78, 5) is 19.6. The van der Waals surface area contributed by atoms with Crippen LogP contribution in [0, 0.1) is 5.92 Å². The first-order chi connectivity index (χ1) is 15.2. The summed E-state index contributed by atoms with van der Waals surface area (Å²) < 4.78 is 0. The van der Waals surface area contributed by atoms with Gasteiger partial charge >= 0.3 is 0 Å². The summed E-state index contributed by atoms with van der Waals surface area (Å²) in [7, 11) is 0. The van der Waals surface area contributed by atoms with E-state index in [-0.39, 0.29) is 12.3 Å². The SMILES string of the molecule is CC.CC(=O)CCC1c2ccccc2-c2ccccc21.CCCC(C)C(C)(C)O.O=CO. The van der Waals surface area contributed by atoms with Crippen LogP contribution < -0.4 is 0 Å². The highest BCUT2D eigenvalue weighted by Gasteiger charge is 2.27. The summed E-state index contributed by atoms with van der Waals surface area (Å²) in [5.41, 5.74) is 4.93. The summed E-state index contributed by atoms with van der Waals surface area (Å²) in [5, 5.41) is 16.3. The van der Waals surface area contributed by atoms with Crippen LogP contribution in [-0.2, 0) is 9.59 Å². The van der Waals surface area contributed by atoms with Gasteiger partial charge in [0.1, 0.15) is 5.78 Å². The summed E-state index contributed by atoms with van der Waals surface area (Å²) >= 11 is 0. The first-order valence-corrected chi connectivity index (χ1v) is 11.6. The van der Waals surface area contributed by atoms with Gasteiger partial charge in [-0.2, -0.15) is 0 Å². The molecule has 2 N–H and O–H groups in total. The van der Waals surface area contributed by atoms with Crippen LogP contribution in [0.4, 0.5) is 0 Å². The minimum absolute atomic E-state index is 0.250. The van der Waals surface area contributed by atoms with Crippen LogP contribution in [0.15, 0.2) is 48.5 Å². The molecular formula is C28H42O4. The van der Waals surface area contributed by atoms with Crippen molar-refractivity contribution in [2.75, 3.05) is 0 Å². The molecule has 0 saturated carbocycles. The Kier molecular flexibility index (Phi) is 14.2.